The minimum Gasteiger partial charge on any atom is -0.489 e. The lowest BCUT2D eigenvalue weighted by molar-refractivity contribution is 0.242. The van der Waals surface area contributed by atoms with E-state index >= 15 is 0 Å². The maximum Gasteiger partial charge on any atom is 0.139 e. The van der Waals surface area contributed by atoms with Gasteiger partial charge in [0.25, 0.3) is 0 Å². The van der Waals surface area contributed by atoms with E-state index in [0.29, 0.717) is 11.3 Å². The van der Waals surface area contributed by atoms with E-state index in [0.717, 1.165) is 0 Å². The molecule has 0 atom stereocenters. The second-order valence-electron chi connectivity index (χ2n) is 3.17. The lowest BCUT2D eigenvalue weighted by Crippen LogP contribution is -2.06. The molecule has 0 heterocycles. The molecule has 0 saturated heterocycles. The summed E-state index contributed by atoms with van der Waals surface area (Å²) in [6, 6.07) is 2.78. The summed E-state index contributed by atoms with van der Waals surface area (Å²) < 4.78 is 18.6. The first-order chi connectivity index (χ1) is 6.54. The second-order valence-corrected chi connectivity index (χ2v) is 3.58. The number of halogens is 2. The van der Waals surface area contributed by atoms with Crippen LogP contribution in [0.3, 0.4) is 0 Å². The van der Waals surface area contributed by atoms with E-state index in [9.17, 15) is 4.39 Å². The second kappa shape index (κ2) is 4.47. The van der Waals surface area contributed by atoms with Gasteiger partial charge in [0.15, 0.2) is 0 Å². The van der Waals surface area contributed by atoms with Gasteiger partial charge in [-0.2, -0.15) is 0 Å². The molecule has 0 bridgehead atoms. The van der Waals surface area contributed by atoms with E-state index in [4.69, 9.17) is 16.3 Å². The third kappa shape index (κ3) is 2.48. The van der Waals surface area contributed by atoms with E-state index in [2.05, 4.69) is 6.58 Å². The predicted molar refractivity (Wildman–Crippen MR) is 57.3 cm³/mol. The van der Waals surface area contributed by atoms with Crippen molar-refractivity contribution in [1.82, 2.24) is 0 Å². The summed E-state index contributed by atoms with van der Waals surface area (Å²) in [5, 5.41) is 0.279. The fraction of sp³-hybridized carbons (Fsp3) is 0.273. The van der Waals surface area contributed by atoms with Gasteiger partial charge < -0.3 is 4.74 Å². The van der Waals surface area contributed by atoms with Gasteiger partial charge in [0.2, 0.25) is 0 Å². The minimum absolute atomic E-state index is 0.00984. The predicted octanol–water partition coefficient (Wildman–Crippen LogP) is 3.91. The van der Waals surface area contributed by atoms with Gasteiger partial charge >= 0.3 is 0 Å². The largest absolute Gasteiger partial charge is 0.489 e. The molecular formula is C11H12ClFO. The first-order valence-corrected chi connectivity index (χ1v) is 4.70. The zero-order valence-electron chi connectivity index (χ0n) is 8.18. The van der Waals surface area contributed by atoms with E-state index in [1.165, 1.54) is 12.1 Å². The van der Waals surface area contributed by atoms with Crippen LogP contribution < -0.4 is 4.74 Å². The molecule has 1 aromatic carbocycles. The van der Waals surface area contributed by atoms with Crippen LogP contribution in [0.5, 0.6) is 5.75 Å². The zero-order valence-corrected chi connectivity index (χ0v) is 8.94. The van der Waals surface area contributed by atoms with Crippen molar-refractivity contribution in [3.05, 3.63) is 35.1 Å². The van der Waals surface area contributed by atoms with Gasteiger partial charge in [-0.25, -0.2) is 4.39 Å². The number of ether oxygens (including phenoxy) is 1. The van der Waals surface area contributed by atoms with Crippen molar-refractivity contribution in [2.45, 2.75) is 20.0 Å². The molecule has 76 valence electrons. The van der Waals surface area contributed by atoms with Crippen molar-refractivity contribution in [1.29, 1.82) is 0 Å². The van der Waals surface area contributed by atoms with Crippen molar-refractivity contribution in [2.24, 2.45) is 0 Å². The maximum absolute atomic E-state index is 13.2. The Labute approximate surface area is 88.1 Å². The molecule has 0 aromatic heterocycles. The van der Waals surface area contributed by atoms with Gasteiger partial charge in [0.1, 0.15) is 11.6 Å². The monoisotopic (exact) mass is 214 g/mol. The average molecular weight is 215 g/mol. The molecule has 0 fully saturated rings. The summed E-state index contributed by atoms with van der Waals surface area (Å²) in [6.45, 7) is 7.27. The van der Waals surface area contributed by atoms with Gasteiger partial charge in [0.05, 0.1) is 11.1 Å². The first kappa shape index (κ1) is 11.1. The highest BCUT2D eigenvalue weighted by Crippen LogP contribution is 2.28. The summed E-state index contributed by atoms with van der Waals surface area (Å²) >= 11 is 5.80. The SMILES string of the molecule is C=Cc1cc(OC(C)C)c(Cl)cc1F. The highest BCUT2D eigenvalue weighted by molar-refractivity contribution is 6.32. The van der Waals surface area contributed by atoms with E-state index < -0.39 is 0 Å². The zero-order chi connectivity index (χ0) is 10.7. The van der Waals surface area contributed by atoms with Crippen molar-refractivity contribution in [3.8, 4) is 5.75 Å². The third-order valence-corrected chi connectivity index (χ3v) is 1.93. The molecule has 0 unspecified atom stereocenters. The van der Waals surface area contributed by atoms with Crippen LogP contribution in [0.25, 0.3) is 6.08 Å². The number of hydrogen-bond acceptors (Lipinski definition) is 1. The summed E-state index contributed by atoms with van der Waals surface area (Å²) in [7, 11) is 0. The third-order valence-electron chi connectivity index (χ3n) is 1.63. The lowest BCUT2D eigenvalue weighted by atomic mass is 10.2. The lowest BCUT2D eigenvalue weighted by Gasteiger charge is -2.12. The smallest absolute Gasteiger partial charge is 0.139 e. The molecule has 1 rings (SSSR count). The molecule has 0 saturated carbocycles. The summed E-state index contributed by atoms with van der Waals surface area (Å²) in [6.07, 6.45) is 1.44. The molecule has 3 heteroatoms. The van der Waals surface area contributed by atoms with Crippen LogP contribution in [0.15, 0.2) is 18.7 Å². The van der Waals surface area contributed by atoms with E-state index in [1.54, 1.807) is 6.07 Å². The minimum atomic E-state index is -0.388. The Kier molecular flexibility index (Phi) is 3.53. The van der Waals surface area contributed by atoms with Gasteiger partial charge in [-0.3, -0.25) is 0 Å². The van der Waals surface area contributed by atoms with Crippen LogP contribution in [0.2, 0.25) is 5.02 Å². The molecule has 0 amide bonds. The quantitative estimate of drug-likeness (QED) is 0.741. The van der Waals surface area contributed by atoms with Gasteiger partial charge in [0, 0.05) is 5.56 Å². The molecule has 1 nitrogen and oxygen atoms in total. The molecule has 0 aliphatic rings. The number of rotatable bonds is 3. The maximum atomic E-state index is 13.2. The van der Waals surface area contributed by atoms with Crippen LogP contribution in [0.4, 0.5) is 4.39 Å². The highest BCUT2D eigenvalue weighted by atomic mass is 35.5. The fourth-order valence-electron chi connectivity index (χ4n) is 1.05. The Hall–Kier alpha value is -1.02. The van der Waals surface area contributed by atoms with Crippen molar-refractivity contribution in [3.63, 3.8) is 0 Å². The number of hydrogen-bond donors (Lipinski definition) is 0. The molecule has 14 heavy (non-hydrogen) atoms. The van der Waals surface area contributed by atoms with Crippen LogP contribution in [-0.2, 0) is 0 Å². The molecule has 0 radical (unpaired) electrons. The molecule has 0 aliphatic heterocycles. The van der Waals surface area contributed by atoms with E-state index in [-0.39, 0.29) is 16.9 Å². The van der Waals surface area contributed by atoms with Crippen molar-refractivity contribution >= 4 is 17.7 Å². The van der Waals surface area contributed by atoms with Gasteiger partial charge in [-0.05, 0) is 26.0 Å². The Morgan fingerprint density at radius 3 is 2.64 bits per heavy atom. The topological polar surface area (TPSA) is 9.23 Å². The summed E-state index contributed by atoms with van der Waals surface area (Å²) in [5.41, 5.74) is 0.394. The molecular weight excluding hydrogens is 203 g/mol. The highest BCUT2D eigenvalue weighted by Gasteiger charge is 2.08. The van der Waals surface area contributed by atoms with Crippen LogP contribution in [0, 0.1) is 5.82 Å². The normalized spacial score (nSPS) is 10.4. The molecule has 1 aromatic rings. The Morgan fingerprint density at radius 2 is 2.14 bits per heavy atom. The van der Waals surface area contributed by atoms with Crippen molar-refractivity contribution < 1.29 is 9.13 Å². The van der Waals surface area contributed by atoms with Gasteiger partial charge in [-0.1, -0.05) is 24.3 Å². The Bertz CT molecular complexity index is 347. The van der Waals surface area contributed by atoms with Gasteiger partial charge in [-0.15, -0.1) is 0 Å². The van der Waals surface area contributed by atoms with E-state index in [1.807, 2.05) is 13.8 Å². The first-order valence-electron chi connectivity index (χ1n) is 4.32. The Morgan fingerprint density at radius 1 is 1.50 bits per heavy atom. The van der Waals surface area contributed by atoms with Crippen LogP contribution in [0.1, 0.15) is 19.4 Å². The summed E-state index contributed by atoms with van der Waals surface area (Å²) in [4.78, 5) is 0. The van der Waals surface area contributed by atoms with Crippen molar-refractivity contribution in [2.75, 3.05) is 0 Å². The summed E-state index contributed by atoms with van der Waals surface area (Å²) in [5.74, 6) is 0.0964. The molecule has 0 spiro atoms. The molecule has 0 aliphatic carbocycles. The number of benzene rings is 1. The van der Waals surface area contributed by atoms with Crippen LogP contribution >= 0.6 is 11.6 Å². The fourth-order valence-corrected chi connectivity index (χ4v) is 1.24. The van der Waals surface area contributed by atoms with Crippen LogP contribution in [-0.4, -0.2) is 6.10 Å². The molecule has 0 N–H and O–H groups in total. The average Bonchev–Trinajstić information content (AvgIpc) is 2.09. The Balaban J connectivity index is 3.10. The standard InChI is InChI=1S/C11H12ClFO/c1-4-8-5-11(14-7(2)3)9(12)6-10(8)13/h4-7H,1H2,2-3H3.